The monoisotopic (exact) mass is 830 g/mol. The van der Waals surface area contributed by atoms with Crippen molar-refractivity contribution in [2.75, 3.05) is 9.80 Å². The maximum Gasteiger partial charge on any atom is 0.0462 e. The van der Waals surface area contributed by atoms with Crippen LogP contribution in [0.5, 0.6) is 0 Å². The molecule has 0 bridgehead atoms. The van der Waals surface area contributed by atoms with Gasteiger partial charge in [-0.3, -0.25) is 0 Å². The van der Waals surface area contributed by atoms with Crippen molar-refractivity contribution in [3.8, 4) is 0 Å². The number of para-hydroxylation sites is 2. The fraction of sp³-hybridized carbons (Fsp3) is 0.194. The molecule has 0 atom stereocenters. The van der Waals surface area contributed by atoms with Crippen molar-refractivity contribution < 1.29 is 0 Å². The van der Waals surface area contributed by atoms with Gasteiger partial charge in [-0.05, 0) is 167 Å². The Morgan fingerprint density at radius 1 is 0.281 bits per heavy atom. The Bertz CT molecular complexity index is 2590. The molecule has 2 heteroatoms. The Balaban J connectivity index is 0.806. The summed E-state index contributed by atoms with van der Waals surface area (Å²) in [6.45, 7) is 0. The lowest BCUT2D eigenvalue weighted by Gasteiger charge is -2.27. The molecule has 10 rings (SSSR count). The molecule has 2 nitrogen and oxygen atoms in total. The number of hydrogen-bond donors (Lipinski definition) is 0. The topological polar surface area (TPSA) is 6.48 Å². The van der Waals surface area contributed by atoms with Gasteiger partial charge < -0.3 is 9.80 Å². The smallest absolute Gasteiger partial charge is 0.0462 e. The zero-order chi connectivity index (χ0) is 42.9. The van der Waals surface area contributed by atoms with Crippen LogP contribution < -0.4 is 9.80 Å². The van der Waals surface area contributed by atoms with Gasteiger partial charge in [0.1, 0.15) is 0 Å². The van der Waals surface area contributed by atoms with Crippen LogP contribution in [0.25, 0.3) is 35.1 Å². The van der Waals surface area contributed by atoms with Crippen molar-refractivity contribution in [2.24, 2.45) is 0 Å². The first-order valence-electron chi connectivity index (χ1n) is 23.7. The van der Waals surface area contributed by atoms with Gasteiger partial charge in [-0.1, -0.05) is 172 Å². The van der Waals surface area contributed by atoms with E-state index in [0.29, 0.717) is 11.8 Å². The first-order valence-corrected chi connectivity index (χ1v) is 23.7. The summed E-state index contributed by atoms with van der Waals surface area (Å²) in [4.78, 5) is 4.72. The van der Waals surface area contributed by atoms with Crippen molar-refractivity contribution in [2.45, 2.75) is 76.0 Å². The first kappa shape index (κ1) is 41.1. The third-order valence-electron chi connectivity index (χ3n) is 13.6. The second-order valence-corrected chi connectivity index (χ2v) is 17.9. The van der Waals surface area contributed by atoms with Gasteiger partial charge in [0.15, 0.2) is 0 Å². The van der Waals surface area contributed by atoms with Crippen LogP contribution in [0.15, 0.2) is 194 Å². The van der Waals surface area contributed by atoms with Crippen LogP contribution in [-0.4, -0.2) is 0 Å². The lowest BCUT2D eigenvalue weighted by Crippen LogP contribution is -2.10. The van der Waals surface area contributed by atoms with Crippen LogP contribution in [0.2, 0.25) is 0 Å². The van der Waals surface area contributed by atoms with E-state index in [1.54, 1.807) is 0 Å². The van der Waals surface area contributed by atoms with E-state index < -0.39 is 0 Å². The van der Waals surface area contributed by atoms with Gasteiger partial charge >= 0.3 is 0 Å². The Kier molecular flexibility index (Phi) is 12.6. The number of nitrogens with zero attached hydrogens (tertiary/aromatic N) is 2. The van der Waals surface area contributed by atoms with E-state index in [4.69, 9.17) is 0 Å². The van der Waals surface area contributed by atoms with Crippen LogP contribution in [0.3, 0.4) is 0 Å². The summed E-state index contributed by atoms with van der Waals surface area (Å²) in [6.07, 6.45) is 22.3. The van der Waals surface area contributed by atoms with E-state index in [1.165, 1.54) is 120 Å². The molecule has 64 heavy (non-hydrogen) atoms. The van der Waals surface area contributed by atoms with Crippen LogP contribution in [0, 0.1) is 0 Å². The Morgan fingerprint density at radius 3 is 0.938 bits per heavy atom. The Morgan fingerprint density at radius 2 is 0.578 bits per heavy atom. The number of rotatable bonds is 12. The summed E-state index contributed by atoms with van der Waals surface area (Å²) in [6, 6.07) is 71.4. The highest BCUT2D eigenvalue weighted by Gasteiger charge is 2.19. The molecule has 2 saturated carbocycles. The molecule has 0 aromatic heterocycles. The molecule has 0 N–H and O–H groups in total. The highest BCUT2D eigenvalue weighted by molar-refractivity contribution is 5.89. The lowest BCUT2D eigenvalue weighted by molar-refractivity contribution is 0.443. The maximum absolute atomic E-state index is 2.36. The standard InChI is InChI=1S/C62H58N2/c1-5-13-51(14-6-1)53-33-41-61(42-34-53)63(57-17-9-3-10-18-57)59-37-27-47(28-38-59)21-23-49-25-31-56-46-50(26-32-55(56)45-49)24-22-48-29-39-60(40-30-48)64(58-19-11-4-12-20-58)62-43-35-54(36-44-62)52-15-7-2-8-16-52/h3-4,9-12,17-46,51-52H,1-2,5-8,13-16H2. The molecule has 8 aromatic carbocycles. The molecule has 0 aliphatic heterocycles. The van der Waals surface area contributed by atoms with E-state index in [2.05, 4.69) is 228 Å². The summed E-state index contributed by atoms with van der Waals surface area (Å²) in [7, 11) is 0. The molecule has 316 valence electrons. The van der Waals surface area contributed by atoms with Gasteiger partial charge in [0, 0.05) is 34.1 Å². The zero-order valence-electron chi connectivity index (χ0n) is 36.9. The average molecular weight is 831 g/mol. The predicted molar refractivity (Wildman–Crippen MR) is 276 cm³/mol. The van der Waals surface area contributed by atoms with Crippen LogP contribution in [0.4, 0.5) is 34.1 Å². The van der Waals surface area contributed by atoms with E-state index in [1.807, 2.05) is 0 Å². The fourth-order valence-corrected chi connectivity index (χ4v) is 10.1. The van der Waals surface area contributed by atoms with Crippen molar-refractivity contribution in [3.63, 3.8) is 0 Å². The van der Waals surface area contributed by atoms with E-state index in [9.17, 15) is 0 Å². The van der Waals surface area contributed by atoms with E-state index in [0.717, 1.165) is 22.7 Å². The Labute approximate surface area is 380 Å². The molecule has 0 unspecified atom stereocenters. The van der Waals surface area contributed by atoms with Gasteiger partial charge in [0.25, 0.3) is 0 Å². The van der Waals surface area contributed by atoms with Crippen molar-refractivity contribution in [3.05, 3.63) is 228 Å². The third-order valence-corrected chi connectivity index (χ3v) is 13.6. The zero-order valence-corrected chi connectivity index (χ0v) is 36.9. The van der Waals surface area contributed by atoms with Crippen LogP contribution in [0.1, 0.15) is 109 Å². The molecule has 2 aliphatic carbocycles. The summed E-state index contributed by atoms with van der Waals surface area (Å²) >= 11 is 0. The Hall–Kier alpha value is -6.90. The van der Waals surface area contributed by atoms with Crippen molar-refractivity contribution >= 4 is 69.2 Å². The van der Waals surface area contributed by atoms with E-state index in [-0.39, 0.29) is 0 Å². The lowest BCUT2D eigenvalue weighted by atomic mass is 9.84. The summed E-state index contributed by atoms with van der Waals surface area (Å²) < 4.78 is 0. The molecule has 0 spiro atoms. The second-order valence-electron chi connectivity index (χ2n) is 17.9. The number of anilines is 6. The van der Waals surface area contributed by atoms with Gasteiger partial charge in [-0.25, -0.2) is 0 Å². The normalized spacial score (nSPS) is 14.9. The molecule has 0 heterocycles. The molecule has 0 radical (unpaired) electrons. The SMILES string of the molecule is C(=Cc1ccc2cc(C=Cc3ccc(N(c4ccccc4)c4ccc(C5CCCCC5)cc4)cc3)ccc2c1)c1ccc(N(c2ccccc2)c2ccc(C3CCCCC3)cc2)cc1. The van der Waals surface area contributed by atoms with Crippen molar-refractivity contribution in [1.29, 1.82) is 0 Å². The van der Waals surface area contributed by atoms with Gasteiger partial charge in [0.05, 0.1) is 0 Å². The molecular weight excluding hydrogens is 773 g/mol. The molecule has 0 amide bonds. The largest absolute Gasteiger partial charge is 0.311 e. The molecule has 2 aliphatic rings. The highest BCUT2D eigenvalue weighted by Crippen LogP contribution is 2.40. The van der Waals surface area contributed by atoms with E-state index >= 15 is 0 Å². The molecule has 0 saturated heterocycles. The van der Waals surface area contributed by atoms with Crippen LogP contribution >= 0.6 is 0 Å². The highest BCUT2D eigenvalue weighted by atomic mass is 15.1. The van der Waals surface area contributed by atoms with Gasteiger partial charge in [-0.15, -0.1) is 0 Å². The molecular formula is C62H58N2. The minimum atomic E-state index is 0.704. The summed E-state index contributed by atoms with van der Waals surface area (Å²) in [5.41, 5.74) is 14.7. The summed E-state index contributed by atoms with van der Waals surface area (Å²) in [5, 5.41) is 2.47. The fourth-order valence-electron chi connectivity index (χ4n) is 10.1. The first-order chi connectivity index (χ1) is 31.7. The maximum atomic E-state index is 2.36. The number of fused-ring (bicyclic) bond motifs is 1. The number of hydrogen-bond acceptors (Lipinski definition) is 2. The van der Waals surface area contributed by atoms with Crippen LogP contribution in [-0.2, 0) is 0 Å². The second kappa shape index (κ2) is 19.7. The summed E-state index contributed by atoms with van der Waals surface area (Å²) in [5.74, 6) is 1.41. The molecule has 8 aromatic rings. The quantitative estimate of drug-likeness (QED) is 0.113. The predicted octanol–water partition coefficient (Wildman–Crippen LogP) is 18.2. The van der Waals surface area contributed by atoms with Gasteiger partial charge in [0.2, 0.25) is 0 Å². The minimum absolute atomic E-state index is 0.704. The minimum Gasteiger partial charge on any atom is -0.311 e. The third kappa shape index (κ3) is 9.68. The number of benzene rings is 8. The molecule has 2 fully saturated rings. The van der Waals surface area contributed by atoms with Gasteiger partial charge in [-0.2, -0.15) is 0 Å². The average Bonchev–Trinajstić information content (AvgIpc) is 3.37. The van der Waals surface area contributed by atoms with Crippen molar-refractivity contribution in [1.82, 2.24) is 0 Å².